The molecule has 3 rings (SSSR count). The van der Waals surface area contributed by atoms with Gasteiger partial charge in [0.1, 0.15) is 15.7 Å². The van der Waals surface area contributed by atoms with E-state index in [1.807, 2.05) is 39.0 Å². The van der Waals surface area contributed by atoms with Gasteiger partial charge in [-0.05, 0) is 37.5 Å². The lowest BCUT2D eigenvalue weighted by atomic mass is 10.1. The van der Waals surface area contributed by atoms with Crippen LogP contribution in [0.15, 0.2) is 72.8 Å². The lowest BCUT2D eigenvalue weighted by Gasteiger charge is -2.20. The highest BCUT2D eigenvalue weighted by Gasteiger charge is 2.35. The Hall–Kier alpha value is -2.45. The Kier molecular flexibility index (Phi) is 10.5. The first-order valence-electron chi connectivity index (χ1n) is 11.2. The molecule has 0 aliphatic carbocycles. The normalized spacial score (nSPS) is 14.1. The third-order valence-corrected chi connectivity index (χ3v) is 7.75. The molecule has 0 radical (unpaired) electrons. The molecule has 0 spiro atoms. The van der Waals surface area contributed by atoms with E-state index in [9.17, 15) is 14.4 Å². The van der Waals surface area contributed by atoms with Crippen molar-refractivity contribution in [2.75, 3.05) is 0 Å². The van der Waals surface area contributed by atoms with E-state index in [0.717, 1.165) is 16.7 Å². The average Bonchev–Trinajstić information content (AvgIpc) is 2.87. The molecule has 0 amide bonds. The van der Waals surface area contributed by atoms with Crippen LogP contribution in [0.3, 0.4) is 0 Å². The minimum absolute atomic E-state index is 0.583. The van der Waals surface area contributed by atoms with Gasteiger partial charge in [-0.2, -0.15) is 37.9 Å². The van der Waals surface area contributed by atoms with Crippen molar-refractivity contribution in [2.45, 2.75) is 36.5 Å². The van der Waals surface area contributed by atoms with Crippen LogP contribution in [0.4, 0.5) is 0 Å². The zero-order valence-electron chi connectivity index (χ0n) is 20.4. The summed E-state index contributed by atoms with van der Waals surface area (Å²) in [5.41, 5.74) is 4.53. The predicted molar refractivity (Wildman–Crippen MR) is 154 cm³/mol. The fourth-order valence-corrected chi connectivity index (χ4v) is 5.11. The molecule has 0 aromatic heterocycles. The maximum absolute atomic E-state index is 12.9. The van der Waals surface area contributed by atoms with E-state index in [2.05, 4.69) is 37.9 Å². The predicted octanol–water partition coefficient (Wildman–Crippen LogP) is 6.78. The van der Waals surface area contributed by atoms with E-state index in [0.29, 0.717) is 16.7 Å². The lowest BCUT2D eigenvalue weighted by molar-refractivity contribution is -0.141. The van der Waals surface area contributed by atoms with Crippen molar-refractivity contribution in [1.29, 1.82) is 0 Å². The van der Waals surface area contributed by atoms with Gasteiger partial charge in [0.05, 0.1) is 0 Å². The zero-order valence-corrected chi connectivity index (χ0v) is 24.0. The fourth-order valence-electron chi connectivity index (χ4n) is 3.35. The van der Waals surface area contributed by atoms with Crippen molar-refractivity contribution < 1.29 is 28.0 Å². The van der Waals surface area contributed by atoms with Gasteiger partial charge in [-0.15, -0.1) is 0 Å². The van der Waals surface area contributed by atoms with E-state index >= 15 is 0 Å². The first-order chi connectivity index (χ1) is 17.5. The number of hydrogen-bond acceptors (Lipinski definition) is 9. The van der Waals surface area contributed by atoms with Crippen LogP contribution in [-0.2, 0) is 28.0 Å². The summed E-state index contributed by atoms with van der Waals surface area (Å²) >= 11 is 13.1. The standard InChI is InChI=1S/C27H27O6PS3/c1-16-7-4-10-19(13-16)22(35)25(28)31-34(32-26(29)23(36)20-11-5-8-17(2)14-20)33-27(30)24(37)21-12-6-9-18(3)15-21/h4-15,22-24,35-37H,1-3H3. The summed E-state index contributed by atoms with van der Waals surface area (Å²) in [6, 6.07) is 21.5. The van der Waals surface area contributed by atoms with E-state index in [-0.39, 0.29) is 0 Å². The van der Waals surface area contributed by atoms with Gasteiger partial charge in [-0.1, -0.05) is 89.5 Å². The summed E-state index contributed by atoms with van der Waals surface area (Å²) < 4.78 is 16.1. The number of carbonyl (C=O) groups excluding carboxylic acids is 3. The average molecular weight is 575 g/mol. The SMILES string of the molecule is Cc1cccc(C(S)C(=O)OP(OC(=O)C(S)c2cccc(C)c2)OC(=O)C(S)c2cccc(C)c2)c1. The maximum atomic E-state index is 12.9. The summed E-state index contributed by atoms with van der Waals surface area (Å²) in [6.07, 6.45) is 0. The van der Waals surface area contributed by atoms with E-state index in [1.54, 1.807) is 54.6 Å². The highest BCUT2D eigenvalue weighted by molar-refractivity contribution is 7.81. The van der Waals surface area contributed by atoms with Crippen LogP contribution in [0.2, 0.25) is 0 Å². The van der Waals surface area contributed by atoms with Crippen molar-refractivity contribution in [1.82, 2.24) is 0 Å². The highest BCUT2D eigenvalue weighted by Crippen LogP contribution is 2.45. The van der Waals surface area contributed by atoms with E-state index < -0.39 is 42.3 Å². The first-order valence-corrected chi connectivity index (χ1v) is 13.9. The summed E-state index contributed by atoms with van der Waals surface area (Å²) in [6.45, 7) is 5.63. The molecule has 6 nitrogen and oxygen atoms in total. The summed E-state index contributed by atoms with van der Waals surface area (Å²) in [4.78, 5) is 38.7. The van der Waals surface area contributed by atoms with Gasteiger partial charge in [0.2, 0.25) is 0 Å². The smallest absolute Gasteiger partial charge is 0.374 e. The summed E-state index contributed by atoms with van der Waals surface area (Å²) in [5, 5.41) is -2.97. The largest absolute Gasteiger partial charge is 0.537 e. The molecule has 10 heteroatoms. The molecule has 3 aromatic carbocycles. The maximum Gasteiger partial charge on any atom is 0.537 e. The molecule has 0 N–H and O–H groups in total. The Bertz CT molecular complexity index is 1130. The number of carbonyl (C=O) groups is 3. The fraction of sp³-hybridized carbons (Fsp3) is 0.222. The summed E-state index contributed by atoms with van der Waals surface area (Å²) in [5.74, 6) is -2.51. The third-order valence-electron chi connectivity index (χ3n) is 5.24. The number of benzene rings is 3. The monoisotopic (exact) mass is 574 g/mol. The molecule has 37 heavy (non-hydrogen) atoms. The molecule has 0 bridgehead atoms. The molecular weight excluding hydrogens is 547 g/mol. The van der Waals surface area contributed by atoms with Crippen molar-refractivity contribution >= 4 is 64.4 Å². The minimum atomic E-state index is -2.77. The lowest BCUT2D eigenvalue weighted by Crippen LogP contribution is -2.17. The van der Waals surface area contributed by atoms with Crippen molar-refractivity contribution in [3.63, 3.8) is 0 Å². The molecule has 0 fully saturated rings. The van der Waals surface area contributed by atoms with Gasteiger partial charge >= 0.3 is 26.5 Å². The quantitative estimate of drug-likeness (QED) is 0.193. The molecule has 3 atom stereocenters. The van der Waals surface area contributed by atoms with Gasteiger partial charge < -0.3 is 13.6 Å². The Labute approximate surface area is 234 Å². The van der Waals surface area contributed by atoms with Crippen LogP contribution in [0.5, 0.6) is 0 Å². The number of thiol groups is 3. The van der Waals surface area contributed by atoms with Gasteiger partial charge in [0, 0.05) is 0 Å². The van der Waals surface area contributed by atoms with Crippen LogP contribution in [0.25, 0.3) is 0 Å². The number of rotatable bonds is 9. The molecule has 0 saturated carbocycles. The second kappa shape index (κ2) is 13.4. The molecule has 0 heterocycles. The van der Waals surface area contributed by atoms with Crippen LogP contribution in [0, 0.1) is 20.8 Å². The topological polar surface area (TPSA) is 78.9 Å². The van der Waals surface area contributed by atoms with Crippen molar-refractivity contribution in [3.05, 3.63) is 106 Å². The van der Waals surface area contributed by atoms with E-state index in [1.165, 1.54) is 0 Å². The number of aryl methyl sites for hydroxylation is 3. The Morgan fingerprint density at radius 3 is 1.08 bits per heavy atom. The van der Waals surface area contributed by atoms with Gasteiger partial charge in [0.15, 0.2) is 0 Å². The Morgan fingerprint density at radius 2 is 0.838 bits per heavy atom. The van der Waals surface area contributed by atoms with Crippen LogP contribution in [-0.4, -0.2) is 17.9 Å². The number of hydrogen-bond donors (Lipinski definition) is 3. The van der Waals surface area contributed by atoms with Crippen LogP contribution >= 0.6 is 46.5 Å². The molecule has 3 aromatic rings. The second-order valence-corrected chi connectivity index (χ2v) is 10.9. The Balaban J connectivity index is 1.79. The van der Waals surface area contributed by atoms with Crippen molar-refractivity contribution in [2.24, 2.45) is 0 Å². The first kappa shape index (κ1) is 29.1. The minimum Gasteiger partial charge on any atom is -0.374 e. The second-order valence-electron chi connectivity index (χ2n) is 8.40. The van der Waals surface area contributed by atoms with Gasteiger partial charge in [-0.3, -0.25) is 14.4 Å². The van der Waals surface area contributed by atoms with Crippen LogP contribution < -0.4 is 0 Å². The molecule has 0 saturated heterocycles. The van der Waals surface area contributed by atoms with Crippen molar-refractivity contribution in [3.8, 4) is 0 Å². The molecular formula is C27H27O6PS3. The Morgan fingerprint density at radius 1 is 0.568 bits per heavy atom. The third kappa shape index (κ3) is 8.27. The van der Waals surface area contributed by atoms with Crippen LogP contribution in [0.1, 0.15) is 49.1 Å². The van der Waals surface area contributed by atoms with E-state index in [4.69, 9.17) is 13.6 Å². The zero-order chi connectivity index (χ0) is 27.1. The molecule has 3 unspecified atom stereocenters. The van der Waals surface area contributed by atoms with Gasteiger partial charge in [0.25, 0.3) is 0 Å². The molecule has 0 aliphatic heterocycles. The van der Waals surface area contributed by atoms with Gasteiger partial charge in [-0.25, -0.2) is 0 Å². The molecule has 0 aliphatic rings. The summed E-state index contributed by atoms with van der Waals surface area (Å²) in [7, 11) is -2.77. The highest BCUT2D eigenvalue weighted by atomic mass is 32.1. The molecule has 194 valence electrons.